The number of nitrogens with one attached hydrogen (secondary N) is 1. The molecule has 5 heteroatoms. The van der Waals surface area contributed by atoms with Crippen molar-refractivity contribution >= 4 is 11.9 Å². The summed E-state index contributed by atoms with van der Waals surface area (Å²) in [5, 5.41) is 11.6. The molecule has 0 aliphatic rings. The monoisotopic (exact) mass is 197 g/mol. The van der Waals surface area contributed by atoms with Crippen LogP contribution in [0, 0.1) is 0 Å². The first-order valence-corrected chi connectivity index (χ1v) is 4.55. The van der Waals surface area contributed by atoms with E-state index >= 15 is 0 Å². The van der Waals surface area contributed by atoms with E-state index in [-0.39, 0.29) is 12.5 Å². The van der Waals surface area contributed by atoms with Gasteiger partial charge in [-0.15, -0.1) is 0 Å². The van der Waals surface area contributed by atoms with Gasteiger partial charge in [0.15, 0.2) is 0 Å². The molecule has 1 aromatic rings. The first-order chi connectivity index (χ1) is 6.59. The normalized spacial score (nSPS) is 12.4. The Bertz CT molecular complexity index is 309. The van der Waals surface area contributed by atoms with E-state index in [9.17, 15) is 4.79 Å². The van der Waals surface area contributed by atoms with Crippen molar-refractivity contribution in [3.63, 3.8) is 0 Å². The third kappa shape index (κ3) is 3.08. The smallest absolute Gasteiger partial charge is 0.303 e. The van der Waals surface area contributed by atoms with Crippen LogP contribution in [0.4, 0.5) is 5.95 Å². The molecule has 0 amide bonds. The number of imidazole rings is 1. The molecule has 0 aliphatic heterocycles. The van der Waals surface area contributed by atoms with Gasteiger partial charge in [0.25, 0.3) is 0 Å². The van der Waals surface area contributed by atoms with Gasteiger partial charge in [-0.2, -0.15) is 0 Å². The summed E-state index contributed by atoms with van der Waals surface area (Å²) in [5.74, 6) is 0.00128. The van der Waals surface area contributed by atoms with Crippen molar-refractivity contribution in [2.75, 3.05) is 5.32 Å². The second-order valence-electron chi connectivity index (χ2n) is 3.34. The van der Waals surface area contributed by atoms with Crippen LogP contribution in [0.3, 0.4) is 0 Å². The van der Waals surface area contributed by atoms with Gasteiger partial charge in [0.1, 0.15) is 0 Å². The van der Waals surface area contributed by atoms with Crippen LogP contribution in [0.1, 0.15) is 19.8 Å². The lowest BCUT2D eigenvalue weighted by Gasteiger charge is -2.13. The van der Waals surface area contributed by atoms with Crippen LogP contribution in [0.5, 0.6) is 0 Å². The number of carbonyl (C=O) groups is 1. The largest absolute Gasteiger partial charge is 0.481 e. The first-order valence-electron chi connectivity index (χ1n) is 4.55. The van der Waals surface area contributed by atoms with Gasteiger partial charge >= 0.3 is 5.97 Å². The Morgan fingerprint density at radius 1 is 1.79 bits per heavy atom. The second kappa shape index (κ2) is 4.64. The lowest BCUT2D eigenvalue weighted by Crippen LogP contribution is -2.18. The highest BCUT2D eigenvalue weighted by molar-refractivity contribution is 5.66. The van der Waals surface area contributed by atoms with Crippen molar-refractivity contribution in [3.05, 3.63) is 12.4 Å². The molecule has 1 aromatic heterocycles. The number of carboxylic acid groups (broad SMARTS) is 1. The van der Waals surface area contributed by atoms with E-state index in [0.29, 0.717) is 6.42 Å². The van der Waals surface area contributed by atoms with Crippen molar-refractivity contribution in [1.29, 1.82) is 0 Å². The molecule has 0 radical (unpaired) electrons. The van der Waals surface area contributed by atoms with Crippen molar-refractivity contribution in [1.82, 2.24) is 9.55 Å². The van der Waals surface area contributed by atoms with Crippen LogP contribution in [0.2, 0.25) is 0 Å². The van der Waals surface area contributed by atoms with Crippen molar-refractivity contribution < 1.29 is 9.90 Å². The van der Waals surface area contributed by atoms with Crippen LogP contribution in [0.25, 0.3) is 0 Å². The van der Waals surface area contributed by atoms with Crippen LogP contribution in [0.15, 0.2) is 12.4 Å². The maximum Gasteiger partial charge on any atom is 0.303 e. The summed E-state index contributed by atoms with van der Waals surface area (Å²) in [5.41, 5.74) is 0. The molecule has 0 spiro atoms. The van der Waals surface area contributed by atoms with Crippen molar-refractivity contribution in [2.24, 2.45) is 7.05 Å². The standard InChI is InChI=1S/C9H15N3O2/c1-7(3-4-8(13)14)11-9-10-5-6-12(9)2/h5-7H,3-4H2,1-2H3,(H,10,11)(H,13,14). The van der Waals surface area contributed by atoms with Gasteiger partial charge in [-0.3, -0.25) is 4.79 Å². The Balaban J connectivity index is 2.37. The zero-order valence-corrected chi connectivity index (χ0v) is 8.40. The molecule has 1 atom stereocenters. The fourth-order valence-electron chi connectivity index (χ4n) is 1.14. The highest BCUT2D eigenvalue weighted by Crippen LogP contribution is 2.06. The van der Waals surface area contributed by atoms with Gasteiger partial charge in [0, 0.05) is 31.9 Å². The third-order valence-corrected chi connectivity index (χ3v) is 1.99. The molecule has 1 rings (SSSR count). The molecule has 0 fully saturated rings. The summed E-state index contributed by atoms with van der Waals surface area (Å²) < 4.78 is 1.86. The van der Waals surface area contributed by atoms with Gasteiger partial charge in [-0.25, -0.2) is 4.98 Å². The molecule has 0 saturated carbocycles. The van der Waals surface area contributed by atoms with Gasteiger partial charge in [-0.05, 0) is 13.3 Å². The molecule has 14 heavy (non-hydrogen) atoms. The number of aryl methyl sites for hydroxylation is 1. The molecule has 5 nitrogen and oxygen atoms in total. The molecule has 0 bridgehead atoms. The fourth-order valence-corrected chi connectivity index (χ4v) is 1.14. The summed E-state index contributed by atoms with van der Waals surface area (Å²) in [6.45, 7) is 1.94. The van der Waals surface area contributed by atoms with E-state index in [0.717, 1.165) is 5.95 Å². The number of rotatable bonds is 5. The Labute approximate surface area is 82.8 Å². The predicted molar refractivity (Wildman–Crippen MR) is 53.2 cm³/mol. The van der Waals surface area contributed by atoms with Gasteiger partial charge in [-0.1, -0.05) is 0 Å². The number of carboxylic acids is 1. The van der Waals surface area contributed by atoms with Crippen molar-refractivity contribution in [3.8, 4) is 0 Å². The maximum atomic E-state index is 10.3. The highest BCUT2D eigenvalue weighted by atomic mass is 16.4. The number of hydrogen-bond acceptors (Lipinski definition) is 3. The topological polar surface area (TPSA) is 67.2 Å². The zero-order valence-electron chi connectivity index (χ0n) is 8.40. The number of anilines is 1. The van der Waals surface area contributed by atoms with Crippen LogP contribution < -0.4 is 5.32 Å². The predicted octanol–water partition coefficient (Wildman–Crippen LogP) is 1.09. The number of aromatic nitrogens is 2. The lowest BCUT2D eigenvalue weighted by molar-refractivity contribution is -0.137. The Morgan fingerprint density at radius 3 is 3.00 bits per heavy atom. The molecular formula is C9H15N3O2. The molecule has 1 heterocycles. The van der Waals surface area contributed by atoms with Crippen LogP contribution in [-0.4, -0.2) is 26.7 Å². The number of hydrogen-bond donors (Lipinski definition) is 2. The van der Waals surface area contributed by atoms with Crippen LogP contribution in [-0.2, 0) is 11.8 Å². The molecule has 0 aromatic carbocycles. The Morgan fingerprint density at radius 2 is 2.50 bits per heavy atom. The summed E-state index contributed by atoms with van der Waals surface area (Å²) in [7, 11) is 1.89. The Hall–Kier alpha value is -1.52. The number of nitrogens with zero attached hydrogens (tertiary/aromatic N) is 2. The molecule has 78 valence electrons. The fraction of sp³-hybridized carbons (Fsp3) is 0.556. The first kappa shape index (κ1) is 10.6. The number of aliphatic carboxylic acids is 1. The van der Waals surface area contributed by atoms with E-state index in [1.807, 2.05) is 24.7 Å². The van der Waals surface area contributed by atoms with E-state index in [1.54, 1.807) is 6.20 Å². The molecular weight excluding hydrogens is 182 g/mol. The minimum Gasteiger partial charge on any atom is -0.481 e. The Kier molecular flexibility index (Phi) is 3.50. The average Bonchev–Trinajstić information content (AvgIpc) is 2.49. The lowest BCUT2D eigenvalue weighted by atomic mass is 10.2. The maximum absolute atomic E-state index is 10.3. The molecule has 1 unspecified atom stereocenters. The molecule has 0 aliphatic carbocycles. The highest BCUT2D eigenvalue weighted by Gasteiger charge is 2.07. The molecule has 2 N–H and O–H groups in total. The summed E-state index contributed by atoms with van der Waals surface area (Å²) in [6, 6.07) is 0.118. The van der Waals surface area contributed by atoms with Gasteiger partial charge < -0.3 is 15.0 Å². The van der Waals surface area contributed by atoms with Gasteiger partial charge in [0.2, 0.25) is 5.95 Å². The molecule has 0 saturated heterocycles. The quantitative estimate of drug-likeness (QED) is 0.741. The summed E-state index contributed by atoms with van der Waals surface area (Å²) in [6.07, 6.45) is 4.32. The zero-order chi connectivity index (χ0) is 10.6. The minimum atomic E-state index is -0.765. The van der Waals surface area contributed by atoms with E-state index in [4.69, 9.17) is 5.11 Å². The van der Waals surface area contributed by atoms with Crippen LogP contribution >= 0.6 is 0 Å². The second-order valence-corrected chi connectivity index (χ2v) is 3.34. The van der Waals surface area contributed by atoms with Gasteiger partial charge in [0.05, 0.1) is 0 Å². The summed E-state index contributed by atoms with van der Waals surface area (Å²) >= 11 is 0. The SMILES string of the molecule is CC(CCC(=O)O)Nc1nccn1C. The van der Waals surface area contributed by atoms with E-state index in [1.165, 1.54) is 0 Å². The minimum absolute atomic E-state index is 0.118. The van der Waals surface area contributed by atoms with E-state index in [2.05, 4.69) is 10.3 Å². The van der Waals surface area contributed by atoms with Crippen molar-refractivity contribution in [2.45, 2.75) is 25.8 Å². The summed E-state index contributed by atoms with van der Waals surface area (Å²) in [4.78, 5) is 14.4. The third-order valence-electron chi connectivity index (χ3n) is 1.99. The average molecular weight is 197 g/mol. The van der Waals surface area contributed by atoms with E-state index < -0.39 is 5.97 Å².